The fourth-order valence-electron chi connectivity index (χ4n) is 3.82. The molecule has 0 unspecified atom stereocenters. The molecule has 1 saturated heterocycles. The zero-order valence-corrected chi connectivity index (χ0v) is 19.4. The second-order valence-electron chi connectivity index (χ2n) is 7.92. The van der Waals surface area contributed by atoms with Crippen LogP contribution in [0.25, 0.3) is 0 Å². The Morgan fingerprint density at radius 1 is 1.03 bits per heavy atom. The van der Waals surface area contributed by atoms with Gasteiger partial charge in [0.05, 0.1) is 17.5 Å². The SMILES string of the molecule is CCc1ccc(NC(=O)CN(C2=N[C@H]3CS(=O)(=O)C[C@H]3S2)c2ccc(CC)cc2)cc1. The van der Waals surface area contributed by atoms with E-state index in [4.69, 9.17) is 4.99 Å². The highest BCUT2D eigenvalue weighted by Gasteiger charge is 2.44. The molecule has 6 nitrogen and oxygen atoms in total. The summed E-state index contributed by atoms with van der Waals surface area (Å²) in [6, 6.07) is 15.7. The van der Waals surface area contributed by atoms with E-state index in [9.17, 15) is 13.2 Å². The minimum absolute atomic E-state index is 0.0675. The van der Waals surface area contributed by atoms with Gasteiger partial charge in [0.2, 0.25) is 5.91 Å². The first-order valence-electron chi connectivity index (χ1n) is 10.6. The number of nitrogens with one attached hydrogen (secondary N) is 1. The van der Waals surface area contributed by atoms with Crippen molar-refractivity contribution in [1.29, 1.82) is 0 Å². The number of hydrogen-bond acceptors (Lipinski definition) is 6. The largest absolute Gasteiger partial charge is 0.325 e. The Morgan fingerprint density at radius 3 is 2.23 bits per heavy atom. The Balaban J connectivity index is 1.54. The number of aliphatic imine (C=N–C) groups is 1. The first-order valence-corrected chi connectivity index (χ1v) is 13.3. The number of sulfone groups is 1. The van der Waals surface area contributed by atoms with E-state index < -0.39 is 9.84 Å². The van der Waals surface area contributed by atoms with Gasteiger partial charge in [-0.25, -0.2) is 8.42 Å². The highest BCUT2D eigenvalue weighted by molar-refractivity contribution is 8.15. The van der Waals surface area contributed by atoms with E-state index in [1.807, 2.05) is 41.3 Å². The molecule has 0 spiro atoms. The second-order valence-corrected chi connectivity index (χ2v) is 11.3. The first-order chi connectivity index (χ1) is 14.9. The van der Waals surface area contributed by atoms with E-state index in [1.54, 1.807) is 0 Å². The second kappa shape index (κ2) is 9.04. The van der Waals surface area contributed by atoms with Gasteiger partial charge in [-0.1, -0.05) is 49.9 Å². The Morgan fingerprint density at radius 2 is 1.65 bits per heavy atom. The van der Waals surface area contributed by atoms with Gasteiger partial charge in [-0.2, -0.15) is 0 Å². The highest BCUT2D eigenvalue weighted by atomic mass is 32.2. The average molecular weight is 458 g/mol. The van der Waals surface area contributed by atoms with Crippen LogP contribution < -0.4 is 10.2 Å². The molecule has 0 aromatic heterocycles. The summed E-state index contributed by atoms with van der Waals surface area (Å²) in [5, 5.41) is 3.61. The molecule has 0 bridgehead atoms. The van der Waals surface area contributed by atoms with Gasteiger partial charge in [0.25, 0.3) is 0 Å². The summed E-state index contributed by atoms with van der Waals surface area (Å²) in [5.74, 6) is 0.0949. The van der Waals surface area contributed by atoms with Crippen molar-refractivity contribution in [3.05, 3.63) is 59.7 Å². The number of amidine groups is 1. The molecule has 8 heteroatoms. The van der Waals surface area contributed by atoms with E-state index in [-0.39, 0.29) is 35.2 Å². The molecule has 4 rings (SSSR count). The maximum absolute atomic E-state index is 12.9. The summed E-state index contributed by atoms with van der Waals surface area (Å²) in [5.41, 5.74) is 4.07. The van der Waals surface area contributed by atoms with Gasteiger partial charge in [-0.05, 0) is 48.2 Å². The number of rotatable bonds is 6. The Kier molecular flexibility index (Phi) is 6.39. The number of thioether (sulfide) groups is 1. The lowest BCUT2D eigenvalue weighted by atomic mass is 10.1. The Hall–Kier alpha value is -2.32. The van der Waals surface area contributed by atoms with Gasteiger partial charge in [0.1, 0.15) is 6.54 Å². The number of aryl methyl sites for hydroxylation is 2. The van der Waals surface area contributed by atoms with Crippen LogP contribution in [-0.4, -0.2) is 48.8 Å². The number of benzene rings is 2. The van der Waals surface area contributed by atoms with Crippen LogP contribution in [0.15, 0.2) is 53.5 Å². The molecular formula is C23H27N3O3S2. The predicted molar refractivity (Wildman–Crippen MR) is 129 cm³/mol. The van der Waals surface area contributed by atoms with Gasteiger partial charge >= 0.3 is 0 Å². The average Bonchev–Trinajstić information content (AvgIpc) is 3.26. The molecule has 1 amide bonds. The highest BCUT2D eigenvalue weighted by Crippen LogP contribution is 2.36. The lowest BCUT2D eigenvalue weighted by molar-refractivity contribution is -0.114. The first kappa shape index (κ1) is 21.9. The molecule has 1 N–H and O–H groups in total. The third-order valence-corrected chi connectivity index (χ3v) is 8.89. The fraction of sp³-hybridized carbons (Fsp3) is 0.391. The van der Waals surface area contributed by atoms with Crippen molar-refractivity contribution in [2.75, 3.05) is 28.3 Å². The van der Waals surface area contributed by atoms with E-state index in [0.29, 0.717) is 5.17 Å². The number of carbonyl (C=O) groups excluding carboxylic acids is 1. The summed E-state index contributed by atoms with van der Waals surface area (Å²) in [6.07, 6.45) is 1.89. The van der Waals surface area contributed by atoms with Crippen molar-refractivity contribution in [2.24, 2.45) is 4.99 Å². The molecule has 0 aliphatic carbocycles. The Bertz CT molecular complexity index is 1080. The number of anilines is 2. The van der Waals surface area contributed by atoms with Crippen LogP contribution in [0.4, 0.5) is 11.4 Å². The molecule has 31 heavy (non-hydrogen) atoms. The van der Waals surface area contributed by atoms with Crippen molar-refractivity contribution in [3.8, 4) is 0 Å². The standard InChI is InChI=1S/C23H27N3O3S2/c1-3-16-5-9-18(10-6-16)24-22(27)13-26(19-11-7-17(4-2)8-12-19)23-25-20-14-31(28,29)15-21(20)30-23/h5-12,20-21H,3-4,13-15H2,1-2H3,(H,24,27)/t20-,21+/m0/s1. The van der Waals surface area contributed by atoms with Crippen LogP contribution in [0.1, 0.15) is 25.0 Å². The molecule has 2 aliphatic rings. The molecular weight excluding hydrogens is 430 g/mol. The van der Waals surface area contributed by atoms with Gasteiger partial charge < -0.3 is 10.2 Å². The molecule has 0 radical (unpaired) electrons. The summed E-state index contributed by atoms with van der Waals surface area (Å²) >= 11 is 1.47. The van der Waals surface area contributed by atoms with Crippen molar-refractivity contribution in [3.63, 3.8) is 0 Å². The van der Waals surface area contributed by atoms with E-state index in [0.717, 1.165) is 24.2 Å². The van der Waals surface area contributed by atoms with Crippen molar-refractivity contribution >= 4 is 44.0 Å². The molecule has 2 heterocycles. The minimum Gasteiger partial charge on any atom is -0.325 e. The smallest absolute Gasteiger partial charge is 0.244 e. The van der Waals surface area contributed by atoms with Crippen molar-refractivity contribution in [2.45, 2.75) is 38.0 Å². The Labute approximate surface area is 188 Å². The van der Waals surface area contributed by atoms with Gasteiger partial charge in [0, 0.05) is 16.6 Å². The van der Waals surface area contributed by atoms with Crippen molar-refractivity contribution in [1.82, 2.24) is 0 Å². The number of amides is 1. The molecule has 2 aromatic carbocycles. The fourth-order valence-corrected chi connectivity index (χ4v) is 7.60. The van der Waals surface area contributed by atoms with Crippen LogP contribution in [0, 0.1) is 0 Å². The van der Waals surface area contributed by atoms with Gasteiger partial charge in [0.15, 0.2) is 15.0 Å². The lowest BCUT2D eigenvalue weighted by Crippen LogP contribution is -2.36. The molecule has 164 valence electrons. The van der Waals surface area contributed by atoms with Crippen LogP contribution in [-0.2, 0) is 27.5 Å². The van der Waals surface area contributed by atoms with Crippen LogP contribution in [0.5, 0.6) is 0 Å². The van der Waals surface area contributed by atoms with E-state index in [2.05, 4.69) is 31.3 Å². The zero-order chi connectivity index (χ0) is 22.0. The molecule has 1 fully saturated rings. The summed E-state index contributed by atoms with van der Waals surface area (Å²) in [7, 11) is -3.02. The molecule has 0 saturated carbocycles. The third-order valence-electron chi connectivity index (χ3n) is 5.64. The molecule has 2 aliphatic heterocycles. The lowest BCUT2D eigenvalue weighted by Gasteiger charge is -2.24. The maximum atomic E-state index is 12.9. The number of hydrogen-bond donors (Lipinski definition) is 1. The van der Waals surface area contributed by atoms with Gasteiger partial charge in [-0.3, -0.25) is 9.79 Å². The van der Waals surface area contributed by atoms with Crippen molar-refractivity contribution < 1.29 is 13.2 Å². The number of fused-ring (bicyclic) bond motifs is 1. The number of carbonyl (C=O) groups is 1. The normalized spacial score (nSPS) is 21.4. The minimum atomic E-state index is -3.02. The summed E-state index contributed by atoms with van der Waals surface area (Å²) < 4.78 is 23.9. The molecule has 2 atom stereocenters. The van der Waals surface area contributed by atoms with Crippen LogP contribution >= 0.6 is 11.8 Å². The molecule has 2 aromatic rings. The summed E-state index contributed by atoms with van der Waals surface area (Å²) in [4.78, 5) is 19.5. The zero-order valence-electron chi connectivity index (χ0n) is 17.7. The van der Waals surface area contributed by atoms with E-state index >= 15 is 0 Å². The topological polar surface area (TPSA) is 78.8 Å². The summed E-state index contributed by atoms with van der Waals surface area (Å²) in [6.45, 7) is 4.30. The van der Waals surface area contributed by atoms with E-state index in [1.165, 1.54) is 22.9 Å². The number of nitrogens with zero attached hydrogens (tertiary/aromatic N) is 2. The van der Waals surface area contributed by atoms with Gasteiger partial charge in [-0.15, -0.1) is 0 Å². The monoisotopic (exact) mass is 457 g/mol. The predicted octanol–water partition coefficient (Wildman–Crippen LogP) is 3.52. The van der Waals surface area contributed by atoms with Crippen LogP contribution in [0.2, 0.25) is 0 Å². The third kappa shape index (κ3) is 5.13. The van der Waals surface area contributed by atoms with Crippen LogP contribution in [0.3, 0.4) is 0 Å². The maximum Gasteiger partial charge on any atom is 0.244 e. The quantitative estimate of drug-likeness (QED) is 0.718.